The summed E-state index contributed by atoms with van der Waals surface area (Å²) in [6, 6.07) is 1.80. The Morgan fingerprint density at radius 1 is 1.44 bits per heavy atom. The molecule has 2 aromatic heterocycles. The first-order valence-electron chi connectivity index (χ1n) is 5.56. The van der Waals surface area contributed by atoms with E-state index < -0.39 is 0 Å². The number of rotatable bonds is 7. The average Bonchev–Trinajstić information content (AvgIpc) is 2.97. The van der Waals surface area contributed by atoms with Crippen LogP contribution in [-0.4, -0.2) is 37.0 Å². The molecule has 0 aliphatic rings. The molecule has 0 saturated carbocycles. The fourth-order valence-electron chi connectivity index (χ4n) is 1.40. The van der Waals surface area contributed by atoms with Gasteiger partial charge in [0.1, 0.15) is 5.01 Å². The van der Waals surface area contributed by atoms with Gasteiger partial charge in [-0.3, -0.25) is 0 Å². The van der Waals surface area contributed by atoms with E-state index in [0.717, 1.165) is 35.1 Å². The van der Waals surface area contributed by atoms with E-state index in [0.29, 0.717) is 11.8 Å². The van der Waals surface area contributed by atoms with Gasteiger partial charge >= 0.3 is 0 Å². The number of nitrogens with zero attached hydrogens (tertiary/aromatic N) is 2. The summed E-state index contributed by atoms with van der Waals surface area (Å²) >= 11 is 7.42. The molecule has 98 valence electrons. The van der Waals surface area contributed by atoms with Crippen molar-refractivity contribution in [2.45, 2.75) is 6.42 Å². The lowest BCUT2D eigenvalue weighted by atomic mass is 10.4. The van der Waals surface area contributed by atoms with Crippen LogP contribution in [0.15, 0.2) is 16.7 Å². The van der Waals surface area contributed by atoms with Crippen LogP contribution in [0.5, 0.6) is 0 Å². The second-order valence-corrected chi connectivity index (χ2v) is 5.01. The van der Waals surface area contributed by atoms with Gasteiger partial charge in [-0.05, 0) is 17.7 Å². The molecular weight excluding hydrogens is 274 g/mol. The first kappa shape index (κ1) is 13.5. The van der Waals surface area contributed by atoms with E-state index in [1.807, 2.05) is 0 Å². The van der Waals surface area contributed by atoms with Crippen molar-refractivity contribution in [2.24, 2.45) is 0 Å². The number of nitrogens with one attached hydrogen (secondary N) is 1. The quantitative estimate of drug-likeness (QED) is 0.791. The Morgan fingerprint density at radius 2 is 2.33 bits per heavy atom. The van der Waals surface area contributed by atoms with Crippen LogP contribution < -0.4 is 5.32 Å². The Bertz CT molecular complexity index is 486. The number of halogens is 1. The molecule has 0 bridgehead atoms. The van der Waals surface area contributed by atoms with Gasteiger partial charge < -0.3 is 14.5 Å². The van der Waals surface area contributed by atoms with Crippen LogP contribution in [0.3, 0.4) is 0 Å². The second-order valence-electron chi connectivity index (χ2n) is 3.60. The van der Waals surface area contributed by atoms with Gasteiger partial charge in [0, 0.05) is 26.6 Å². The van der Waals surface area contributed by atoms with Gasteiger partial charge in [0.2, 0.25) is 5.22 Å². The lowest BCUT2D eigenvalue weighted by Crippen LogP contribution is -2.21. The van der Waals surface area contributed by atoms with E-state index in [-0.39, 0.29) is 0 Å². The van der Waals surface area contributed by atoms with E-state index in [1.54, 1.807) is 19.4 Å². The van der Waals surface area contributed by atoms with Crippen molar-refractivity contribution in [3.63, 3.8) is 0 Å². The highest BCUT2D eigenvalue weighted by Crippen LogP contribution is 2.30. The van der Waals surface area contributed by atoms with Crippen LogP contribution in [0.2, 0.25) is 5.22 Å². The molecule has 0 aromatic carbocycles. The molecule has 0 saturated heterocycles. The molecule has 0 spiro atoms. The molecule has 2 rings (SSSR count). The number of ether oxygens (including phenoxy) is 1. The lowest BCUT2D eigenvalue weighted by Gasteiger charge is -2.00. The van der Waals surface area contributed by atoms with Gasteiger partial charge in [0.15, 0.2) is 5.01 Å². The molecule has 2 aromatic rings. The summed E-state index contributed by atoms with van der Waals surface area (Å²) in [5, 5.41) is 13.6. The maximum absolute atomic E-state index is 5.89. The minimum absolute atomic E-state index is 0.357. The Kier molecular flexibility index (Phi) is 5.12. The van der Waals surface area contributed by atoms with Gasteiger partial charge in [0.05, 0.1) is 18.4 Å². The molecule has 0 aliphatic heterocycles. The molecule has 7 heteroatoms. The van der Waals surface area contributed by atoms with Crippen LogP contribution in [0.4, 0.5) is 0 Å². The van der Waals surface area contributed by atoms with Crippen LogP contribution in [0.25, 0.3) is 10.6 Å². The van der Waals surface area contributed by atoms with Crippen LogP contribution >= 0.6 is 22.9 Å². The molecule has 0 atom stereocenters. The Labute approximate surface area is 114 Å². The molecule has 18 heavy (non-hydrogen) atoms. The lowest BCUT2D eigenvalue weighted by molar-refractivity contribution is 0.199. The summed E-state index contributed by atoms with van der Waals surface area (Å²) in [5.41, 5.74) is 0.799. The Balaban J connectivity index is 1.85. The maximum atomic E-state index is 5.89. The van der Waals surface area contributed by atoms with E-state index >= 15 is 0 Å². The number of hydrogen-bond acceptors (Lipinski definition) is 6. The summed E-state index contributed by atoms with van der Waals surface area (Å²) < 4.78 is 9.98. The van der Waals surface area contributed by atoms with Crippen molar-refractivity contribution in [3.05, 3.63) is 22.6 Å². The topological polar surface area (TPSA) is 60.2 Å². The van der Waals surface area contributed by atoms with Crippen molar-refractivity contribution in [3.8, 4) is 10.6 Å². The van der Waals surface area contributed by atoms with Crippen LogP contribution in [-0.2, 0) is 11.2 Å². The van der Waals surface area contributed by atoms with Crippen molar-refractivity contribution >= 4 is 22.9 Å². The zero-order chi connectivity index (χ0) is 12.8. The monoisotopic (exact) mass is 287 g/mol. The van der Waals surface area contributed by atoms with Crippen molar-refractivity contribution in [1.82, 2.24) is 15.5 Å². The summed E-state index contributed by atoms with van der Waals surface area (Å²) in [7, 11) is 1.69. The third-order valence-corrected chi connectivity index (χ3v) is 3.62. The van der Waals surface area contributed by atoms with Crippen molar-refractivity contribution in [1.29, 1.82) is 0 Å². The SMILES string of the molecule is COCCNCCc1nnc(-c2ccoc2Cl)s1. The number of aromatic nitrogens is 2. The number of furan rings is 1. The second kappa shape index (κ2) is 6.84. The van der Waals surface area contributed by atoms with E-state index in [9.17, 15) is 0 Å². The fraction of sp³-hybridized carbons (Fsp3) is 0.455. The minimum atomic E-state index is 0.357. The molecule has 5 nitrogen and oxygen atoms in total. The third-order valence-electron chi connectivity index (χ3n) is 2.31. The van der Waals surface area contributed by atoms with Crippen LogP contribution in [0, 0.1) is 0 Å². The number of hydrogen-bond donors (Lipinski definition) is 1. The van der Waals surface area contributed by atoms with Gasteiger partial charge in [-0.25, -0.2) is 0 Å². The molecule has 0 fully saturated rings. The summed E-state index contributed by atoms with van der Waals surface area (Å²) in [4.78, 5) is 0. The highest BCUT2D eigenvalue weighted by Gasteiger charge is 2.11. The Morgan fingerprint density at radius 3 is 3.06 bits per heavy atom. The Hall–Kier alpha value is -0.950. The molecule has 0 aliphatic carbocycles. The molecule has 1 N–H and O–H groups in total. The fourth-order valence-corrected chi connectivity index (χ4v) is 2.53. The highest BCUT2D eigenvalue weighted by molar-refractivity contribution is 7.14. The van der Waals surface area contributed by atoms with Crippen molar-refractivity contribution in [2.75, 3.05) is 26.8 Å². The molecular formula is C11H14ClN3O2S. The van der Waals surface area contributed by atoms with E-state index in [2.05, 4.69) is 15.5 Å². The zero-order valence-corrected chi connectivity index (χ0v) is 11.6. The largest absolute Gasteiger partial charge is 0.452 e. The molecule has 2 heterocycles. The normalized spacial score (nSPS) is 11.0. The number of methoxy groups -OCH3 is 1. The average molecular weight is 288 g/mol. The van der Waals surface area contributed by atoms with Gasteiger partial charge in [-0.15, -0.1) is 10.2 Å². The first-order chi connectivity index (χ1) is 8.81. The third kappa shape index (κ3) is 3.52. The van der Waals surface area contributed by atoms with Crippen molar-refractivity contribution < 1.29 is 9.15 Å². The van der Waals surface area contributed by atoms with E-state index in [4.69, 9.17) is 20.8 Å². The van der Waals surface area contributed by atoms with Crippen LogP contribution in [0.1, 0.15) is 5.01 Å². The zero-order valence-electron chi connectivity index (χ0n) is 9.98. The maximum Gasteiger partial charge on any atom is 0.203 e. The summed E-state index contributed by atoms with van der Waals surface area (Å²) in [6.07, 6.45) is 2.39. The first-order valence-corrected chi connectivity index (χ1v) is 6.76. The smallest absolute Gasteiger partial charge is 0.203 e. The standard InChI is InChI=1S/C11H14ClN3O2S/c1-16-7-5-13-4-2-9-14-15-11(18-9)8-3-6-17-10(8)12/h3,6,13H,2,4-5,7H2,1H3. The predicted molar refractivity (Wildman–Crippen MR) is 71.1 cm³/mol. The molecule has 0 unspecified atom stereocenters. The molecule has 0 amide bonds. The van der Waals surface area contributed by atoms with Gasteiger partial charge in [-0.1, -0.05) is 11.3 Å². The minimum Gasteiger partial charge on any atom is -0.452 e. The summed E-state index contributed by atoms with van der Waals surface area (Å²) in [5.74, 6) is 0. The highest BCUT2D eigenvalue weighted by atomic mass is 35.5. The van der Waals surface area contributed by atoms with Gasteiger partial charge in [-0.2, -0.15) is 0 Å². The molecule has 0 radical (unpaired) electrons. The van der Waals surface area contributed by atoms with Gasteiger partial charge in [0.25, 0.3) is 0 Å². The summed E-state index contributed by atoms with van der Waals surface area (Å²) in [6.45, 7) is 2.42. The predicted octanol–water partition coefficient (Wildman–Crippen LogP) is 2.23. The van der Waals surface area contributed by atoms with E-state index in [1.165, 1.54) is 11.3 Å².